The van der Waals surface area contributed by atoms with E-state index in [2.05, 4.69) is 0 Å². The Labute approximate surface area is 145 Å². The molecule has 1 aliphatic heterocycles. The summed E-state index contributed by atoms with van der Waals surface area (Å²) >= 11 is 0. The molecule has 2 atom stereocenters. The molecule has 6 heteroatoms. The number of hydrogen-bond acceptors (Lipinski definition) is 4. The van der Waals surface area contributed by atoms with Crippen molar-refractivity contribution in [2.24, 2.45) is 5.41 Å². The lowest BCUT2D eigenvalue weighted by atomic mass is 9.97. The van der Waals surface area contributed by atoms with E-state index in [-0.39, 0.29) is 12.0 Å². The number of sulfonamides is 1. The first-order valence-electron chi connectivity index (χ1n) is 8.38. The van der Waals surface area contributed by atoms with Gasteiger partial charge >= 0.3 is 5.97 Å². The van der Waals surface area contributed by atoms with E-state index >= 15 is 0 Å². The van der Waals surface area contributed by atoms with Crippen molar-refractivity contribution >= 4 is 16.0 Å². The van der Waals surface area contributed by atoms with E-state index in [1.54, 1.807) is 16.4 Å². The fraction of sp³-hybridized carbons (Fsp3) is 0.611. The lowest BCUT2D eigenvalue weighted by Crippen LogP contribution is -2.23. The topological polar surface area (TPSA) is 63.4 Å². The molecule has 0 spiro atoms. The van der Waals surface area contributed by atoms with Crippen molar-refractivity contribution in [3.8, 4) is 0 Å². The molecule has 5 nitrogen and oxygen atoms in total. The van der Waals surface area contributed by atoms with Crippen LogP contribution in [0.3, 0.4) is 0 Å². The number of carbonyl (C=O) groups is 1. The van der Waals surface area contributed by atoms with E-state index < -0.39 is 15.4 Å². The molecule has 0 radical (unpaired) electrons. The Balaban J connectivity index is 1.72. The number of rotatable bonds is 7. The number of esters is 1. The van der Waals surface area contributed by atoms with E-state index in [1.165, 1.54) is 0 Å². The smallest absolute Gasteiger partial charge is 0.311 e. The van der Waals surface area contributed by atoms with Crippen LogP contribution < -0.4 is 0 Å². The molecule has 0 N–H and O–H groups in total. The van der Waals surface area contributed by atoms with E-state index in [4.69, 9.17) is 4.74 Å². The average Bonchev–Trinajstić information content (AvgIpc) is 3.26. The summed E-state index contributed by atoms with van der Waals surface area (Å²) in [5.74, 6) is -0.197. The third-order valence-corrected chi connectivity index (χ3v) is 6.00. The number of hydrogen-bond donors (Lipinski definition) is 0. The standard InChI is InChI=1S/C18H27NO4S/c1-14-8-10-16(11-9-14)24(21,22)19-13-15(19)7-5-6-12-23-17(20)18(2,3)4/h8-11,15H,5-7,12-13H2,1-4H3. The number of aryl methyl sites for hydroxylation is 1. The van der Waals surface area contributed by atoms with Gasteiger partial charge in [0.1, 0.15) is 0 Å². The van der Waals surface area contributed by atoms with Crippen molar-refractivity contribution in [3.63, 3.8) is 0 Å². The van der Waals surface area contributed by atoms with Crippen molar-refractivity contribution in [2.75, 3.05) is 13.2 Å². The molecule has 0 aliphatic carbocycles. The Morgan fingerprint density at radius 3 is 2.42 bits per heavy atom. The summed E-state index contributed by atoms with van der Waals surface area (Å²) in [6.07, 6.45) is 2.41. The van der Waals surface area contributed by atoms with Crippen molar-refractivity contribution in [1.29, 1.82) is 0 Å². The largest absolute Gasteiger partial charge is 0.465 e. The van der Waals surface area contributed by atoms with Gasteiger partial charge in [-0.15, -0.1) is 0 Å². The maximum absolute atomic E-state index is 12.5. The van der Waals surface area contributed by atoms with Gasteiger partial charge in [-0.1, -0.05) is 17.7 Å². The van der Waals surface area contributed by atoms with Crippen LogP contribution in [0.15, 0.2) is 29.2 Å². The van der Waals surface area contributed by atoms with Crippen LogP contribution in [0.25, 0.3) is 0 Å². The normalized spacial score (nSPS) is 20.7. The molecule has 2 rings (SSSR count). The highest BCUT2D eigenvalue weighted by atomic mass is 32.2. The number of nitrogens with zero attached hydrogens (tertiary/aromatic N) is 1. The van der Waals surface area contributed by atoms with Gasteiger partial charge in [-0.05, 0) is 59.1 Å². The van der Waals surface area contributed by atoms with Crippen LogP contribution in [-0.2, 0) is 19.6 Å². The lowest BCUT2D eigenvalue weighted by Gasteiger charge is -2.16. The van der Waals surface area contributed by atoms with Gasteiger partial charge in [0.05, 0.1) is 16.9 Å². The maximum atomic E-state index is 12.5. The van der Waals surface area contributed by atoms with Gasteiger partial charge in [-0.25, -0.2) is 8.42 Å². The molecule has 0 amide bonds. The molecular formula is C18H27NO4S. The van der Waals surface area contributed by atoms with Crippen LogP contribution in [0.4, 0.5) is 0 Å². The van der Waals surface area contributed by atoms with Crippen molar-refractivity contribution in [3.05, 3.63) is 29.8 Å². The molecule has 1 saturated heterocycles. The minimum atomic E-state index is -3.36. The van der Waals surface area contributed by atoms with Crippen LogP contribution in [0, 0.1) is 12.3 Å². The van der Waals surface area contributed by atoms with Crippen LogP contribution in [0.1, 0.15) is 45.6 Å². The third kappa shape index (κ3) is 4.80. The monoisotopic (exact) mass is 353 g/mol. The van der Waals surface area contributed by atoms with Crippen molar-refractivity contribution in [1.82, 2.24) is 4.31 Å². The molecule has 0 saturated carbocycles. The molecule has 2 unspecified atom stereocenters. The summed E-state index contributed by atoms with van der Waals surface area (Å²) in [6, 6.07) is 7.02. The Bertz CT molecular complexity index is 674. The van der Waals surface area contributed by atoms with Crippen LogP contribution >= 0.6 is 0 Å². The zero-order chi connectivity index (χ0) is 18.0. The van der Waals surface area contributed by atoms with Gasteiger partial charge in [-0.3, -0.25) is 4.79 Å². The second-order valence-corrected chi connectivity index (χ2v) is 9.31. The van der Waals surface area contributed by atoms with Crippen molar-refractivity contribution < 1.29 is 17.9 Å². The van der Waals surface area contributed by atoms with Gasteiger partial charge in [0.15, 0.2) is 0 Å². The van der Waals surface area contributed by atoms with Crippen molar-refractivity contribution in [2.45, 2.75) is 57.9 Å². The number of carbonyl (C=O) groups excluding carboxylic acids is 1. The summed E-state index contributed by atoms with van der Waals surface area (Å²) in [6.45, 7) is 8.39. The predicted octanol–water partition coefficient (Wildman–Crippen LogP) is 3.13. The fourth-order valence-electron chi connectivity index (χ4n) is 2.40. The highest BCUT2D eigenvalue weighted by Crippen LogP contribution is 2.31. The summed E-state index contributed by atoms with van der Waals surface area (Å²) in [5, 5.41) is 0. The Morgan fingerprint density at radius 1 is 1.21 bits per heavy atom. The van der Waals surface area contributed by atoms with Gasteiger partial charge in [-0.2, -0.15) is 4.31 Å². The average molecular weight is 353 g/mol. The molecule has 1 aliphatic rings. The minimum Gasteiger partial charge on any atom is -0.465 e. The molecule has 24 heavy (non-hydrogen) atoms. The quantitative estimate of drug-likeness (QED) is 0.429. The molecule has 0 bridgehead atoms. The maximum Gasteiger partial charge on any atom is 0.311 e. The molecule has 1 heterocycles. The number of unbranched alkanes of at least 4 members (excludes halogenated alkanes) is 1. The zero-order valence-corrected chi connectivity index (χ0v) is 15.7. The Kier molecular flexibility index (Phi) is 5.71. The minimum absolute atomic E-state index is 0.0784. The molecule has 134 valence electrons. The van der Waals surface area contributed by atoms with Gasteiger partial charge in [0, 0.05) is 12.6 Å². The molecule has 1 fully saturated rings. The fourth-order valence-corrected chi connectivity index (χ4v) is 4.02. The first-order chi connectivity index (χ1) is 11.1. The summed E-state index contributed by atoms with van der Waals surface area (Å²) in [4.78, 5) is 12.0. The van der Waals surface area contributed by atoms with E-state index in [0.29, 0.717) is 18.0 Å². The molecule has 0 aromatic heterocycles. The van der Waals surface area contributed by atoms with E-state index in [1.807, 2.05) is 39.8 Å². The highest BCUT2D eigenvalue weighted by Gasteiger charge is 2.43. The van der Waals surface area contributed by atoms with E-state index in [0.717, 1.165) is 24.8 Å². The Hall–Kier alpha value is -1.40. The lowest BCUT2D eigenvalue weighted by molar-refractivity contribution is -0.153. The first kappa shape index (κ1) is 18.9. The van der Waals surface area contributed by atoms with Crippen LogP contribution in [-0.4, -0.2) is 37.9 Å². The molecule has 1 aromatic carbocycles. The van der Waals surface area contributed by atoms with E-state index in [9.17, 15) is 13.2 Å². The second kappa shape index (κ2) is 7.23. The summed E-state index contributed by atoms with van der Waals surface area (Å²) < 4.78 is 31.7. The third-order valence-electron chi connectivity index (χ3n) is 4.07. The molecule has 1 aromatic rings. The predicted molar refractivity (Wildman–Crippen MR) is 93.1 cm³/mol. The second-order valence-electron chi connectivity index (χ2n) is 7.42. The Morgan fingerprint density at radius 2 is 1.83 bits per heavy atom. The first-order valence-corrected chi connectivity index (χ1v) is 9.82. The van der Waals surface area contributed by atoms with Crippen LogP contribution in [0.5, 0.6) is 0 Å². The molecular weight excluding hydrogens is 326 g/mol. The van der Waals surface area contributed by atoms with Gasteiger partial charge in [0.25, 0.3) is 0 Å². The van der Waals surface area contributed by atoms with Gasteiger partial charge < -0.3 is 4.74 Å². The number of benzene rings is 1. The van der Waals surface area contributed by atoms with Gasteiger partial charge in [0.2, 0.25) is 10.0 Å². The number of ether oxygens (including phenoxy) is 1. The summed E-state index contributed by atoms with van der Waals surface area (Å²) in [5.41, 5.74) is 0.566. The SMILES string of the molecule is Cc1ccc(S(=O)(=O)N2CC2CCCCOC(=O)C(C)(C)C)cc1. The zero-order valence-electron chi connectivity index (χ0n) is 14.9. The van der Waals surface area contributed by atoms with Crippen LogP contribution in [0.2, 0.25) is 0 Å². The summed E-state index contributed by atoms with van der Waals surface area (Å²) in [7, 11) is -3.36. The highest BCUT2D eigenvalue weighted by molar-refractivity contribution is 7.89.